The van der Waals surface area contributed by atoms with Gasteiger partial charge in [-0.25, -0.2) is 4.79 Å². The molecule has 0 saturated carbocycles. The summed E-state index contributed by atoms with van der Waals surface area (Å²) in [6.45, 7) is 2.08. The van der Waals surface area contributed by atoms with Crippen LogP contribution in [0.4, 0.5) is 11.4 Å². The van der Waals surface area contributed by atoms with Crippen molar-refractivity contribution in [2.45, 2.75) is 0 Å². The zero-order valence-electron chi connectivity index (χ0n) is 13.5. The number of carbonyl (C=O) groups excluding carboxylic acids is 1. The monoisotopic (exact) mass is 396 g/mol. The number of anilines is 1. The van der Waals surface area contributed by atoms with Crippen LogP contribution < -0.4 is 9.64 Å². The van der Waals surface area contributed by atoms with E-state index >= 15 is 0 Å². The van der Waals surface area contributed by atoms with E-state index in [1.807, 2.05) is 4.90 Å². The lowest BCUT2D eigenvalue weighted by molar-refractivity contribution is -0.384. The third-order valence-electron chi connectivity index (χ3n) is 3.88. The zero-order chi connectivity index (χ0) is 18.7. The molecular formula is C17H14Cl2N2O5. The topological polar surface area (TPSA) is 81.9 Å². The van der Waals surface area contributed by atoms with E-state index in [4.69, 9.17) is 32.7 Å². The first kappa shape index (κ1) is 18.4. The summed E-state index contributed by atoms with van der Waals surface area (Å²) in [7, 11) is 0. The predicted molar refractivity (Wildman–Crippen MR) is 97.5 cm³/mol. The summed E-state index contributed by atoms with van der Waals surface area (Å²) in [5.74, 6) is -0.671. The lowest BCUT2D eigenvalue weighted by Gasteiger charge is -2.28. The van der Waals surface area contributed by atoms with Gasteiger partial charge in [-0.1, -0.05) is 29.3 Å². The maximum Gasteiger partial charge on any atom is 0.343 e. The van der Waals surface area contributed by atoms with Gasteiger partial charge in [0.1, 0.15) is 10.7 Å². The Labute approximate surface area is 159 Å². The summed E-state index contributed by atoms with van der Waals surface area (Å²) < 4.78 is 10.5. The molecule has 9 heteroatoms. The van der Waals surface area contributed by atoms with Gasteiger partial charge >= 0.3 is 5.97 Å². The van der Waals surface area contributed by atoms with Gasteiger partial charge in [0.15, 0.2) is 5.75 Å². The second kappa shape index (κ2) is 7.90. The number of hydrogen-bond acceptors (Lipinski definition) is 6. The zero-order valence-corrected chi connectivity index (χ0v) is 15.0. The molecule has 0 atom stereocenters. The van der Waals surface area contributed by atoms with Crippen LogP contribution in [0.15, 0.2) is 36.4 Å². The van der Waals surface area contributed by atoms with E-state index in [2.05, 4.69) is 0 Å². The number of nitro benzene ring substituents is 1. The van der Waals surface area contributed by atoms with Gasteiger partial charge in [0.2, 0.25) is 0 Å². The number of carbonyl (C=O) groups is 1. The van der Waals surface area contributed by atoms with E-state index in [0.29, 0.717) is 32.0 Å². The Hall–Kier alpha value is -2.35. The third kappa shape index (κ3) is 3.90. The molecule has 0 radical (unpaired) electrons. The smallest absolute Gasteiger partial charge is 0.343 e. The highest BCUT2D eigenvalue weighted by atomic mass is 35.5. The first-order valence-electron chi connectivity index (χ1n) is 7.74. The predicted octanol–water partition coefficient (Wildman–Crippen LogP) is 3.96. The molecule has 1 saturated heterocycles. The van der Waals surface area contributed by atoms with Crippen LogP contribution >= 0.6 is 23.2 Å². The number of hydrogen-bond donors (Lipinski definition) is 0. The Morgan fingerprint density at radius 2 is 1.92 bits per heavy atom. The van der Waals surface area contributed by atoms with Gasteiger partial charge in [0.05, 0.1) is 28.7 Å². The first-order chi connectivity index (χ1) is 12.5. The van der Waals surface area contributed by atoms with Gasteiger partial charge in [-0.05, 0) is 24.3 Å². The quantitative estimate of drug-likeness (QED) is 0.336. The molecule has 1 fully saturated rings. The molecule has 1 aliphatic rings. The minimum absolute atomic E-state index is 0.0461. The molecule has 1 aliphatic heterocycles. The molecule has 0 spiro atoms. The second-order valence-electron chi connectivity index (χ2n) is 5.50. The lowest BCUT2D eigenvalue weighted by atomic mass is 10.1. The minimum Gasteiger partial charge on any atom is -0.421 e. The largest absolute Gasteiger partial charge is 0.421 e. The number of morpholine rings is 1. The fraction of sp³-hybridized carbons (Fsp3) is 0.235. The number of nitrogens with zero attached hydrogens (tertiary/aromatic N) is 2. The Balaban J connectivity index is 1.88. The average molecular weight is 397 g/mol. The average Bonchev–Trinajstić information content (AvgIpc) is 2.65. The summed E-state index contributed by atoms with van der Waals surface area (Å²) in [6, 6.07) is 8.86. The first-order valence-corrected chi connectivity index (χ1v) is 8.50. The highest BCUT2D eigenvalue weighted by molar-refractivity contribution is 6.43. The number of rotatable bonds is 4. The molecule has 0 N–H and O–H groups in total. The molecule has 136 valence electrons. The van der Waals surface area contributed by atoms with Crippen LogP contribution in [0.2, 0.25) is 10.0 Å². The summed E-state index contributed by atoms with van der Waals surface area (Å²) in [4.78, 5) is 25.1. The Kier molecular flexibility index (Phi) is 5.61. The van der Waals surface area contributed by atoms with Gasteiger partial charge in [0.25, 0.3) is 5.69 Å². The maximum absolute atomic E-state index is 12.4. The highest BCUT2D eigenvalue weighted by Crippen LogP contribution is 2.33. The summed E-state index contributed by atoms with van der Waals surface area (Å²) >= 11 is 11.9. The van der Waals surface area contributed by atoms with Crippen molar-refractivity contribution in [3.05, 3.63) is 62.1 Å². The van der Waals surface area contributed by atoms with Crippen LogP contribution in [0.3, 0.4) is 0 Å². The minimum atomic E-state index is -0.759. The third-order valence-corrected chi connectivity index (χ3v) is 4.68. The van der Waals surface area contributed by atoms with Gasteiger partial charge in [-0.2, -0.15) is 0 Å². The van der Waals surface area contributed by atoms with Gasteiger partial charge < -0.3 is 14.4 Å². The van der Waals surface area contributed by atoms with Crippen molar-refractivity contribution in [3.63, 3.8) is 0 Å². The van der Waals surface area contributed by atoms with Crippen LogP contribution in [-0.4, -0.2) is 37.2 Å². The van der Waals surface area contributed by atoms with Gasteiger partial charge in [-0.15, -0.1) is 0 Å². The molecule has 0 aromatic heterocycles. The van der Waals surface area contributed by atoms with Crippen LogP contribution in [-0.2, 0) is 4.74 Å². The Bertz CT molecular complexity index is 853. The van der Waals surface area contributed by atoms with Crippen molar-refractivity contribution >= 4 is 40.5 Å². The lowest BCUT2D eigenvalue weighted by Crippen LogP contribution is -2.36. The molecule has 0 unspecified atom stereocenters. The van der Waals surface area contributed by atoms with E-state index in [0.717, 1.165) is 0 Å². The maximum atomic E-state index is 12.4. The molecule has 2 aromatic carbocycles. The second-order valence-corrected chi connectivity index (χ2v) is 6.29. The highest BCUT2D eigenvalue weighted by Gasteiger charge is 2.24. The number of benzene rings is 2. The van der Waals surface area contributed by atoms with E-state index in [9.17, 15) is 14.9 Å². The Morgan fingerprint density at radius 1 is 1.19 bits per heavy atom. The molecule has 1 heterocycles. The van der Waals surface area contributed by atoms with Gasteiger partial charge in [0, 0.05) is 19.2 Å². The number of ether oxygens (including phenoxy) is 2. The van der Waals surface area contributed by atoms with E-state index in [1.165, 1.54) is 18.2 Å². The fourth-order valence-corrected chi connectivity index (χ4v) is 2.92. The molecule has 7 nitrogen and oxygen atoms in total. The van der Waals surface area contributed by atoms with Crippen LogP contribution in [0.5, 0.6) is 5.75 Å². The van der Waals surface area contributed by atoms with Crippen molar-refractivity contribution in [2.24, 2.45) is 0 Å². The number of halogens is 2. The summed E-state index contributed by atoms with van der Waals surface area (Å²) in [5, 5.41) is 11.8. The number of esters is 1. The van der Waals surface area contributed by atoms with Crippen LogP contribution in [0.1, 0.15) is 10.4 Å². The molecule has 2 aromatic rings. The van der Waals surface area contributed by atoms with Crippen LogP contribution in [0.25, 0.3) is 0 Å². The molecule has 26 heavy (non-hydrogen) atoms. The fourth-order valence-electron chi connectivity index (χ4n) is 2.59. The molecule has 0 bridgehead atoms. The molecule has 0 aliphatic carbocycles. The normalized spacial score (nSPS) is 14.2. The molecule has 3 rings (SSSR count). The summed E-state index contributed by atoms with van der Waals surface area (Å²) in [6.07, 6.45) is 0. The van der Waals surface area contributed by atoms with Crippen molar-refractivity contribution in [3.8, 4) is 5.75 Å². The number of nitro groups is 1. The van der Waals surface area contributed by atoms with Crippen molar-refractivity contribution in [1.82, 2.24) is 0 Å². The van der Waals surface area contributed by atoms with Gasteiger partial charge in [-0.3, -0.25) is 10.1 Å². The summed E-state index contributed by atoms with van der Waals surface area (Å²) in [5.41, 5.74) is 0.318. The van der Waals surface area contributed by atoms with Crippen LogP contribution in [0, 0.1) is 10.1 Å². The van der Waals surface area contributed by atoms with Crippen molar-refractivity contribution < 1.29 is 19.2 Å². The SMILES string of the molecule is O=C(Oc1cccc(Cl)c1Cl)c1ccc(N2CCOCC2)c([N+](=O)[O-])c1. The van der Waals surface area contributed by atoms with E-state index in [-0.39, 0.29) is 27.0 Å². The Morgan fingerprint density at radius 3 is 2.62 bits per heavy atom. The van der Waals surface area contributed by atoms with Crippen molar-refractivity contribution in [1.29, 1.82) is 0 Å². The molecular weight excluding hydrogens is 383 g/mol. The van der Waals surface area contributed by atoms with Crippen molar-refractivity contribution in [2.75, 3.05) is 31.2 Å². The van der Waals surface area contributed by atoms with E-state index in [1.54, 1.807) is 18.2 Å². The molecule has 0 amide bonds. The van der Waals surface area contributed by atoms with E-state index < -0.39 is 10.9 Å². The standard InChI is InChI=1S/C17H14Cl2N2O5/c18-12-2-1-3-15(16(12)19)26-17(22)11-4-5-13(14(10-11)21(23)24)20-6-8-25-9-7-20/h1-5,10H,6-9H2.